The second kappa shape index (κ2) is 5.59. The van der Waals surface area contributed by atoms with E-state index in [1.165, 1.54) is 4.88 Å². The average Bonchev–Trinajstić information content (AvgIpc) is 2.68. The minimum absolute atomic E-state index is 0.346. The highest BCUT2D eigenvalue weighted by Gasteiger charge is 2.02. The number of guanidine groups is 1. The van der Waals surface area contributed by atoms with Gasteiger partial charge in [-0.05, 0) is 26.0 Å². The van der Waals surface area contributed by atoms with Gasteiger partial charge >= 0.3 is 0 Å². The van der Waals surface area contributed by atoms with Crippen molar-refractivity contribution in [1.29, 1.82) is 0 Å². The zero-order valence-corrected chi connectivity index (χ0v) is 11.2. The van der Waals surface area contributed by atoms with Crippen molar-refractivity contribution in [1.82, 2.24) is 9.97 Å². The molecule has 0 radical (unpaired) electrons. The van der Waals surface area contributed by atoms with E-state index in [4.69, 9.17) is 5.73 Å². The van der Waals surface area contributed by atoms with E-state index in [1.54, 1.807) is 17.5 Å². The lowest BCUT2D eigenvalue weighted by molar-refractivity contribution is 1.01. The fourth-order valence-electron chi connectivity index (χ4n) is 1.37. The monoisotopic (exact) mass is 261 g/mol. The van der Waals surface area contributed by atoms with E-state index >= 15 is 0 Å². The number of hydrogen-bond donors (Lipinski definition) is 2. The van der Waals surface area contributed by atoms with E-state index in [2.05, 4.69) is 27.2 Å². The largest absolute Gasteiger partial charge is 0.370 e. The highest BCUT2D eigenvalue weighted by molar-refractivity contribution is 7.11. The number of nitrogens with zero attached hydrogens (tertiary/aromatic N) is 3. The zero-order valence-electron chi connectivity index (χ0n) is 10.3. The third-order valence-corrected chi connectivity index (χ3v) is 3.44. The maximum atomic E-state index is 5.77. The molecule has 0 spiro atoms. The predicted octanol–water partition coefficient (Wildman–Crippen LogP) is 2.08. The van der Waals surface area contributed by atoms with Gasteiger partial charge in [-0.1, -0.05) is 6.07 Å². The number of aliphatic imine (C=N–C) groups is 1. The van der Waals surface area contributed by atoms with Gasteiger partial charge in [0.05, 0.1) is 12.2 Å². The second-order valence-electron chi connectivity index (χ2n) is 3.79. The van der Waals surface area contributed by atoms with E-state index in [9.17, 15) is 0 Å². The molecule has 0 unspecified atom stereocenters. The summed E-state index contributed by atoms with van der Waals surface area (Å²) in [4.78, 5) is 14.0. The molecule has 2 aromatic rings. The van der Waals surface area contributed by atoms with E-state index in [1.807, 2.05) is 25.1 Å². The van der Waals surface area contributed by atoms with Gasteiger partial charge < -0.3 is 11.1 Å². The van der Waals surface area contributed by atoms with Gasteiger partial charge in [0, 0.05) is 11.1 Å². The molecular formula is C12H15N5S. The molecule has 0 aliphatic carbocycles. The molecule has 18 heavy (non-hydrogen) atoms. The van der Waals surface area contributed by atoms with Crippen LogP contribution in [0.15, 0.2) is 29.4 Å². The number of nitrogens with one attached hydrogen (secondary N) is 1. The van der Waals surface area contributed by atoms with Crippen LogP contribution in [0.25, 0.3) is 0 Å². The summed E-state index contributed by atoms with van der Waals surface area (Å²) in [5, 5.41) is 3.90. The molecule has 0 saturated heterocycles. The first-order valence-electron chi connectivity index (χ1n) is 5.56. The normalized spacial score (nSPS) is 11.6. The van der Waals surface area contributed by atoms with Gasteiger partial charge in [-0.15, -0.1) is 11.3 Å². The standard InChI is InChI=1S/C12H15N5S/c1-8-9(2)18-11(16-8)7-15-12(13)17-10-5-3-4-6-14-10/h3-6H,7H2,1-2H3,(H3,13,14,15,17). The van der Waals surface area contributed by atoms with Crippen LogP contribution in [0.4, 0.5) is 5.82 Å². The van der Waals surface area contributed by atoms with E-state index in [0.29, 0.717) is 18.3 Å². The SMILES string of the molecule is Cc1nc(CN=C(N)Nc2ccccn2)sc1C. The molecule has 2 heterocycles. The van der Waals surface area contributed by atoms with Crippen LogP contribution in [-0.2, 0) is 6.54 Å². The molecule has 0 atom stereocenters. The molecule has 6 heteroatoms. The van der Waals surface area contributed by atoms with Gasteiger partial charge in [0.2, 0.25) is 0 Å². The van der Waals surface area contributed by atoms with Crippen molar-refractivity contribution in [3.63, 3.8) is 0 Å². The third-order valence-electron chi connectivity index (χ3n) is 2.38. The fraction of sp³-hybridized carbons (Fsp3) is 0.250. The molecule has 0 amide bonds. The molecule has 0 bridgehead atoms. The summed E-state index contributed by atoms with van der Waals surface area (Å²) in [6.07, 6.45) is 1.70. The molecule has 0 aliphatic rings. The van der Waals surface area contributed by atoms with Gasteiger partial charge in [-0.2, -0.15) is 0 Å². The number of hydrogen-bond acceptors (Lipinski definition) is 4. The van der Waals surface area contributed by atoms with Crippen molar-refractivity contribution in [2.24, 2.45) is 10.7 Å². The summed E-state index contributed by atoms with van der Waals surface area (Å²) in [5.74, 6) is 1.03. The minimum Gasteiger partial charge on any atom is -0.370 e. The van der Waals surface area contributed by atoms with E-state index < -0.39 is 0 Å². The van der Waals surface area contributed by atoms with Crippen LogP contribution in [0.5, 0.6) is 0 Å². The molecule has 2 aromatic heterocycles. The van der Waals surface area contributed by atoms with Gasteiger partial charge in [0.25, 0.3) is 0 Å². The Morgan fingerprint density at radius 1 is 1.44 bits per heavy atom. The van der Waals surface area contributed by atoms with E-state index in [-0.39, 0.29) is 0 Å². The summed E-state index contributed by atoms with van der Waals surface area (Å²) < 4.78 is 0. The Labute approximate surface area is 110 Å². The molecule has 0 fully saturated rings. The Hall–Kier alpha value is -1.95. The van der Waals surface area contributed by atoms with Gasteiger partial charge in [0.15, 0.2) is 5.96 Å². The maximum absolute atomic E-state index is 5.77. The Morgan fingerprint density at radius 2 is 2.28 bits per heavy atom. The topological polar surface area (TPSA) is 76.2 Å². The highest BCUT2D eigenvalue weighted by atomic mass is 32.1. The number of thiazole rings is 1. The molecule has 5 nitrogen and oxygen atoms in total. The number of nitrogens with two attached hydrogens (primary N) is 1. The first kappa shape index (κ1) is 12.5. The molecule has 94 valence electrons. The summed E-state index contributed by atoms with van der Waals surface area (Å²) in [5.41, 5.74) is 6.83. The quantitative estimate of drug-likeness (QED) is 0.655. The molecule has 0 saturated carbocycles. The number of rotatable bonds is 3. The first-order chi connectivity index (χ1) is 8.65. The Bertz CT molecular complexity index is 527. The maximum Gasteiger partial charge on any atom is 0.194 e. The van der Waals surface area contributed by atoms with Gasteiger partial charge in [0.1, 0.15) is 10.8 Å². The van der Waals surface area contributed by atoms with Crippen molar-refractivity contribution >= 4 is 23.1 Å². The number of anilines is 1. The molecule has 2 rings (SSSR count). The Kier molecular flexibility index (Phi) is 3.88. The molecule has 0 aliphatic heterocycles. The van der Waals surface area contributed by atoms with Gasteiger partial charge in [-0.25, -0.2) is 15.0 Å². The van der Waals surface area contributed by atoms with Crippen LogP contribution in [0, 0.1) is 13.8 Å². The van der Waals surface area contributed by atoms with Crippen molar-refractivity contribution in [2.75, 3.05) is 5.32 Å². The van der Waals surface area contributed by atoms with Crippen molar-refractivity contribution < 1.29 is 0 Å². The van der Waals surface area contributed by atoms with Gasteiger partial charge in [-0.3, -0.25) is 0 Å². The summed E-state index contributed by atoms with van der Waals surface area (Å²) in [6.45, 7) is 4.54. The van der Waals surface area contributed by atoms with Crippen LogP contribution in [0.1, 0.15) is 15.6 Å². The van der Waals surface area contributed by atoms with Crippen LogP contribution in [0.3, 0.4) is 0 Å². The summed E-state index contributed by atoms with van der Waals surface area (Å²) in [7, 11) is 0. The van der Waals surface area contributed by atoms with E-state index in [0.717, 1.165) is 10.7 Å². The first-order valence-corrected chi connectivity index (χ1v) is 6.37. The lowest BCUT2D eigenvalue weighted by atomic mass is 10.4. The second-order valence-corrected chi connectivity index (χ2v) is 5.08. The number of pyridine rings is 1. The van der Waals surface area contributed by atoms with Crippen molar-refractivity contribution in [2.45, 2.75) is 20.4 Å². The van der Waals surface area contributed by atoms with Crippen LogP contribution < -0.4 is 11.1 Å². The van der Waals surface area contributed by atoms with Crippen molar-refractivity contribution in [3.05, 3.63) is 40.0 Å². The average molecular weight is 261 g/mol. The fourth-order valence-corrected chi connectivity index (χ4v) is 2.23. The Morgan fingerprint density at radius 3 is 2.89 bits per heavy atom. The zero-order chi connectivity index (χ0) is 13.0. The smallest absolute Gasteiger partial charge is 0.194 e. The summed E-state index contributed by atoms with van der Waals surface area (Å²) >= 11 is 1.65. The molecule has 3 N–H and O–H groups in total. The lowest BCUT2D eigenvalue weighted by Gasteiger charge is -2.02. The molecular weight excluding hydrogens is 246 g/mol. The third kappa shape index (κ3) is 3.27. The summed E-state index contributed by atoms with van der Waals surface area (Å²) in [6, 6.07) is 5.57. The highest BCUT2D eigenvalue weighted by Crippen LogP contribution is 2.16. The van der Waals surface area contributed by atoms with Crippen LogP contribution in [-0.4, -0.2) is 15.9 Å². The van der Waals surface area contributed by atoms with Crippen LogP contribution >= 0.6 is 11.3 Å². The lowest BCUT2D eigenvalue weighted by Crippen LogP contribution is -2.23. The number of aromatic nitrogens is 2. The Balaban J connectivity index is 1.97. The van der Waals surface area contributed by atoms with Crippen molar-refractivity contribution in [3.8, 4) is 0 Å². The minimum atomic E-state index is 0.346. The predicted molar refractivity (Wildman–Crippen MR) is 74.8 cm³/mol. The molecule has 0 aromatic carbocycles. The number of aryl methyl sites for hydroxylation is 2. The van der Waals surface area contributed by atoms with Crippen LogP contribution in [0.2, 0.25) is 0 Å².